The van der Waals surface area contributed by atoms with E-state index in [0.29, 0.717) is 45.4 Å². The minimum Gasteiger partial charge on any atom is -0.386 e. The highest BCUT2D eigenvalue weighted by Crippen LogP contribution is 2.31. The summed E-state index contributed by atoms with van der Waals surface area (Å²) in [6.07, 6.45) is 8.18. The molecule has 2 aromatic rings. The maximum Gasteiger partial charge on any atom is 0.236 e. The highest BCUT2D eigenvalue weighted by atomic mass is 16.3. The number of pyridine rings is 2. The SMILES string of the molecule is CN(C[C@@]1(O)CCCN(c2ccnc3ccncc23)C1)C(=O)CN1CCC(C(N)=O)CC1. The van der Waals surface area contributed by atoms with Crippen molar-refractivity contribution in [3.63, 3.8) is 0 Å². The van der Waals surface area contributed by atoms with Crippen molar-refractivity contribution in [2.24, 2.45) is 11.7 Å². The first-order valence-corrected chi connectivity index (χ1v) is 11.3. The molecule has 2 saturated heterocycles. The van der Waals surface area contributed by atoms with Crippen LogP contribution in [0.5, 0.6) is 0 Å². The van der Waals surface area contributed by atoms with Crippen molar-refractivity contribution >= 4 is 28.4 Å². The van der Waals surface area contributed by atoms with E-state index in [1.807, 2.05) is 18.3 Å². The van der Waals surface area contributed by atoms with Crippen LogP contribution in [0.2, 0.25) is 0 Å². The van der Waals surface area contributed by atoms with Crippen LogP contribution in [0, 0.1) is 5.92 Å². The molecule has 172 valence electrons. The van der Waals surface area contributed by atoms with Crippen molar-refractivity contribution in [1.29, 1.82) is 0 Å². The number of primary amides is 1. The molecule has 3 N–H and O–H groups in total. The number of hydrogen-bond donors (Lipinski definition) is 2. The van der Waals surface area contributed by atoms with Gasteiger partial charge in [0.2, 0.25) is 11.8 Å². The molecular weight excluding hydrogens is 408 g/mol. The number of likely N-dealkylation sites (tertiary alicyclic amines) is 1. The van der Waals surface area contributed by atoms with Crippen LogP contribution in [-0.4, -0.2) is 88.6 Å². The topological polar surface area (TPSA) is 116 Å². The number of nitrogens with two attached hydrogens (primary N) is 1. The molecule has 9 heteroatoms. The largest absolute Gasteiger partial charge is 0.386 e. The zero-order chi connectivity index (χ0) is 22.7. The van der Waals surface area contributed by atoms with Gasteiger partial charge < -0.3 is 20.6 Å². The fourth-order valence-corrected chi connectivity index (χ4v) is 4.92. The van der Waals surface area contributed by atoms with E-state index in [1.54, 1.807) is 24.3 Å². The number of aromatic nitrogens is 2. The van der Waals surface area contributed by atoms with Crippen molar-refractivity contribution in [2.75, 3.05) is 51.2 Å². The third-order valence-electron chi connectivity index (χ3n) is 6.72. The molecule has 0 radical (unpaired) electrons. The van der Waals surface area contributed by atoms with Gasteiger partial charge in [0, 0.05) is 55.7 Å². The summed E-state index contributed by atoms with van der Waals surface area (Å²) in [6.45, 7) is 3.23. The Morgan fingerprint density at radius 3 is 2.78 bits per heavy atom. The molecule has 4 rings (SSSR count). The fraction of sp³-hybridized carbons (Fsp3) is 0.565. The Labute approximate surface area is 188 Å². The van der Waals surface area contributed by atoms with Crippen LogP contribution < -0.4 is 10.6 Å². The first-order chi connectivity index (χ1) is 15.3. The van der Waals surface area contributed by atoms with Crippen molar-refractivity contribution in [3.8, 4) is 0 Å². The zero-order valence-corrected chi connectivity index (χ0v) is 18.6. The highest BCUT2D eigenvalue weighted by Gasteiger charge is 2.36. The van der Waals surface area contributed by atoms with Crippen LogP contribution in [0.4, 0.5) is 5.69 Å². The average molecular weight is 441 g/mol. The van der Waals surface area contributed by atoms with E-state index < -0.39 is 5.60 Å². The predicted molar refractivity (Wildman–Crippen MR) is 122 cm³/mol. The van der Waals surface area contributed by atoms with Crippen molar-refractivity contribution in [3.05, 3.63) is 30.7 Å². The molecule has 0 bridgehead atoms. The number of carbonyl (C=O) groups is 2. The highest BCUT2D eigenvalue weighted by molar-refractivity contribution is 5.90. The van der Waals surface area contributed by atoms with Crippen LogP contribution in [0.1, 0.15) is 25.7 Å². The standard InChI is InChI=1S/C23H32N6O3/c1-27(21(30)14-28-11-5-17(6-12-28)22(24)31)15-23(32)7-2-10-29(16-23)20-4-9-26-19-3-8-25-13-18(19)20/h3-4,8-9,13,17,32H,2,5-7,10-12,14-16H2,1H3,(H2,24,31)/t23-/m0/s1. The van der Waals surface area contributed by atoms with Crippen LogP contribution in [0.3, 0.4) is 0 Å². The molecule has 9 nitrogen and oxygen atoms in total. The summed E-state index contributed by atoms with van der Waals surface area (Å²) in [6, 6.07) is 3.84. The van der Waals surface area contributed by atoms with Gasteiger partial charge in [-0.25, -0.2) is 0 Å². The number of aliphatic hydroxyl groups is 1. The summed E-state index contributed by atoms with van der Waals surface area (Å²) < 4.78 is 0. The van der Waals surface area contributed by atoms with Gasteiger partial charge in [0.05, 0.1) is 24.2 Å². The summed E-state index contributed by atoms with van der Waals surface area (Å²) in [5, 5.41) is 12.3. The van der Waals surface area contributed by atoms with Crippen molar-refractivity contribution in [2.45, 2.75) is 31.3 Å². The van der Waals surface area contributed by atoms with Gasteiger partial charge in [0.15, 0.2) is 0 Å². The molecule has 0 aromatic carbocycles. The van der Waals surface area contributed by atoms with Gasteiger partial charge in [-0.3, -0.25) is 24.5 Å². The summed E-state index contributed by atoms with van der Waals surface area (Å²) in [5.41, 5.74) is 6.29. The molecule has 0 unspecified atom stereocenters. The number of likely N-dealkylation sites (N-methyl/N-ethyl adjacent to an activating group) is 1. The van der Waals surface area contributed by atoms with E-state index >= 15 is 0 Å². The zero-order valence-electron chi connectivity index (χ0n) is 18.6. The molecule has 2 aliphatic rings. The summed E-state index contributed by atoms with van der Waals surface area (Å²) in [7, 11) is 1.75. The second-order valence-electron chi connectivity index (χ2n) is 9.17. The van der Waals surface area contributed by atoms with Gasteiger partial charge in [-0.15, -0.1) is 0 Å². The van der Waals surface area contributed by atoms with E-state index in [4.69, 9.17) is 5.73 Å². The number of rotatable bonds is 6. The van der Waals surface area contributed by atoms with Gasteiger partial charge in [-0.05, 0) is 50.9 Å². The van der Waals surface area contributed by atoms with Crippen LogP contribution >= 0.6 is 0 Å². The lowest BCUT2D eigenvalue weighted by Gasteiger charge is -2.42. The molecule has 2 amide bonds. The molecule has 4 heterocycles. The Balaban J connectivity index is 1.37. The number of piperidine rings is 2. The van der Waals surface area contributed by atoms with E-state index in [1.165, 1.54) is 0 Å². The normalized spacial score (nSPS) is 22.8. The lowest BCUT2D eigenvalue weighted by molar-refractivity contribution is -0.135. The Kier molecular flexibility index (Phi) is 6.57. The smallest absolute Gasteiger partial charge is 0.236 e. The molecule has 1 atom stereocenters. The van der Waals surface area contributed by atoms with Crippen LogP contribution in [0.25, 0.3) is 10.9 Å². The first kappa shape index (κ1) is 22.4. The van der Waals surface area contributed by atoms with Gasteiger partial charge in [-0.2, -0.15) is 0 Å². The van der Waals surface area contributed by atoms with E-state index in [2.05, 4.69) is 19.8 Å². The maximum atomic E-state index is 12.8. The van der Waals surface area contributed by atoms with Gasteiger partial charge >= 0.3 is 0 Å². The van der Waals surface area contributed by atoms with E-state index in [0.717, 1.165) is 29.6 Å². The van der Waals surface area contributed by atoms with Crippen LogP contribution in [0.15, 0.2) is 30.7 Å². The van der Waals surface area contributed by atoms with E-state index in [-0.39, 0.29) is 24.3 Å². The number of β-amino-alcohol motifs (C(OH)–C–C–N with tert-alkyl or cyclic N) is 1. The summed E-state index contributed by atoms with van der Waals surface area (Å²) in [4.78, 5) is 38.7. The second-order valence-corrected chi connectivity index (χ2v) is 9.17. The second kappa shape index (κ2) is 9.38. The molecule has 0 aliphatic carbocycles. The number of amides is 2. The molecule has 2 fully saturated rings. The maximum absolute atomic E-state index is 12.8. The number of fused-ring (bicyclic) bond motifs is 1. The number of anilines is 1. The molecule has 0 spiro atoms. The summed E-state index contributed by atoms with van der Waals surface area (Å²) >= 11 is 0. The molecule has 2 aromatic heterocycles. The third kappa shape index (κ3) is 4.99. The number of nitrogens with zero attached hydrogens (tertiary/aromatic N) is 5. The lowest BCUT2D eigenvalue weighted by Crippen LogP contribution is -2.55. The molecule has 2 aliphatic heterocycles. The number of carbonyl (C=O) groups excluding carboxylic acids is 2. The predicted octanol–water partition coefficient (Wildman–Crippen LogP) is 0.617. The first-order valence-electron chi connectivity index (χ1n) is 11.3. The number of hydrogen-bond acceptors (Lipinski definition) is 7. The quantitative estimate of drug-likeness (QED) is 0.676. The van der Waals surface area contributed by atoms with Gasteiger partial charge in [0.25, 0.3) is 0 Å². The van der Waals surface area contributed by atoms with Crippen molar-refractivity contribution in [1.82, 2.24) is 19.8 Å². The molecule has 32 heavy (non-hydrogen) atoms. The third-order valence-corrected chi connectivity index (χ3v) is 6.72. The fourth-order valence-electron chi connectivity index (χ4n) is 4.92. The molecular formula is C23H32N6O3. The minimum atomic E-state index is -0.987. The Bertz CT molecular complexity index is 972. The molecule has 0 saturated carbocycles. The van der Waals surface area contributed by atoms with E-state index in [9.17, 15) is 14.7 Å². The monoisotopic (exact) mass is 440 g/mol. The minimum absolute atomic E-state index is 0.0216. The lowest BCUT2D eigenvalue weighted by atomic mass is 9.91. The summed E-state index contributed by atoms with van der Waals surface area (Å²) in [5.74, 6) is -0.367. The van der Waals surface area contributed by atoms with Crippen molar-refractivity contribution < 1.29 is 14.7 Å². The van der Waals surface area contributed by atoms with Gasteiger partial charge in [-0.1, -0.05) is 0 Å². The Morgan fingerprint density at radius 1 is 1.25 bits per heavy atom. The Morgan fingerprint density at radius 2 is 2.03 bits per heavy atom. The Hall–Kier alpha value is -2.78. The van der Waals surface area contributed by atoms with Gasteiger partial charge in [0.1, 0.15) is 0 Å². The van der Waals surface area contributed by atoms with Crippen LogP contribution in [-0.2, 0) is 9.59 Å². The average Bonchev–Trinajstić information content (AvgIpc) is 2.78.